The Bertz CT molecular complexity index is 659. The molecule has 1 atom stereocenters. The van der Waals surface area contributed by atoms with E-state index in [2.05, 4.69) is 21.6 Å². The first-order valence-electron chi connectivity index (χ1n) is 8.49. The lowest BCUT2D eigenvalue weighted by atomic mass is 10.1. The lowest BCUT2D eigenvalue weighted by molar-refractivity contribution is 0.215. The van der Waals surface area contributed by atoms with Crippen LogP contribution in [0.2, 0.25) is 0 Å². The van der Waals surface area contributed by atoms with Gasteiger partial charge in [-0.3, -0.25) is 0 Å². The second kappa shape index (κ2) is 9.81. The van der Waals surface area contributed by atoms with Crippen LogP contribution in [0.15, 0.2) is 54.6 Å². The number of hydrogen-bond donors (Lipinski definition) is 3. The van der Waals surface area contributed by atoms with Crippen molar-refractivity contribution in [2.24, 2.45) is 0 Å². The first-order chi connectivity index (χ1) is 12.1. The summed E-state index contributed by atoms with van der Waals surface area (Å²) in [6.45, 7) is 1.19. The van der Waals surface area contributed by atoms with Gasteiger partial charge in [-0.2, -0.15) is 0 Å². The predicted octanol–water partition coefficient (Wildman–Crippen LogP) is 2.15. The van der Waals surface area contributed by atoms with Gasteiger partial charge in [0.15, 0.2) is 0 Å². The summed E-state index contributed by atoms with van der Waals surface area (Å²) in [5.74, 6) is 0. The molecule has 2 rings (SSSR count). The van der Waals surface area contributed by atoms with Gasteiger partial charge in [-0.05, 0) is 37.2 Å². The van der Waals surface area contributed by atoms with E-state index in [-0.39, 0.29) is 18.7 Å². The maximum absolute atomic E-state index is 12.2. The van der Waals surface area contributed by atoms with Crippen molar-refractivity contribution in [1.82, 2.24) is 15.5 Å². The molecule has 5 nitrogen and oxygen atoms in total. The molecule has 0 bridgehead atoms. The number of amides is 2. The summed E-state index contributed by atoms with van der Waals surface area (Å²) in [5.41, 5.74) is 3.36. The Balaban J connectivity index is 1.87. The number of nitrogens with one attached hydrogen (secondary N) is 2. The Morgan fingerprint density at radius 3 is 2.32 bits per heavy atom. The molecular weight excluding hydrogens is 314 g/mol. The van der Waals surface area contributed by atoms with E-state index in [1.807, 2.05) is 62.6 Å². The monoisotopic (exact) mass is 341 g/mol. The minimum Gasteiger partial charge on any atom is -0.394 e. The zero-order chi connectivity index (χ0) is 18.1. The van der Waals surface area contributed by atoms with Gasteiger partial charge in [-0.1, -0.05) is 54.6 Å². The third-order valence-corrected chi connectivity index (χ3v) is 3.92. The van der Waals surface area contributed by atoms with Gasteiger partial charge >= 0.3 is 6.03 Å². The Hall–Kier alpha value is -2.37. The third-order valence-electron chi connectivity index (χ3n) is 3.92. The maximum atomic E-state index is 12.2. The average Bonchev–Trinajstić information content (AvgIpc) is 2.61. The summed E-state index contributed by atoms with van der Waals surface area (Å²) in [6, 6.07) is 17.3. The van der Waals surface area contributed by atoms with Crippen molar-refractivity contribution in [3.63, 3.8) is 0 Å². The minimum atomic E-state index is -0.306. The summed E-state index contributed by atoms with van der Waals surface area (Å²) in [6.07, 6.45) is 0.599. The number of urea groups is 1. The summed E-state index contributed by atoms with van der Waals surface area (Å²) < 4.78 is 0. The zero-order valence-corrected chi connectivity index (χ0v) is 14.9. The fourth-order valence-corrected chi connectivity index (χ4v) is 2.70. The van der Waals surface area contributed by atoms with Gasteiger partial charge in [0, 0.05) is 13.1 Å². The lowest BCUT2D eigenvalue weighted by Crippen LogP contribution is -2.44. The first-order valence-corrected chi connectivity index (χ1v) is 8.49. The number of rotatable bonds is 8. The average molecular weight is 341 g/mol. The molecule has 0 aliphatic rings. The molecule has 3 N–H and O–H groups in total. The molecule has 0 fully saturated rings. The molecule has 134 valence electrons. The van der Waals surface area contributed by atoms with E-state index in [1.165, 1.54) is 5.56 Å². The second-order valence-corrected chi connectivity index (χ2v) is 6.40. The van der Waals surface area contributed by atoms with E-state index in [0.717, 1.165) is 17.7 Å². The van der Waals surface area contributed by atoms with Gasteiger partial charge in [-0.15, -0.1) is 0 Å². The number of aliphatic hydroxyl groups is 1. The van der Waals surface area contributed by atoms with Gasteiger partial charge in [0.1, 0.15) is 0 Å². The number of carbonyl (C=O) groups excluding carboxylic acids is 1. The first kappa shape index (κ1) is 19.0. The molecule has 1 unspecified atom stereocenters. The topological polar surface area (TPSA) is 64.6 Å². The Morgan fingerprint density at radius 2 is 1.68 bits per heavy atom. The van der Waals surface area contributed by atoms with Crippen molar-refractivity contribution in [2.45, 2.75) is 25.6 Å². The van der Waals surface area contributed by atoms with Crippen LogP contribution in [0, 0.1) is 0 Å². The summed E-state index contributed by atoms with van der Waals surface area (Å²) in [4.78, 5) is 14.3. The van der Waals surface area contributed by atoms with E-state index in [4.69, 9.17) is 0 Å². The van der Waals surface area contributed by atoms with Crippen LogP contribution in [-0.4, -0.2) is 42.8 Å². The highest BCUT2D eigenvalue weighted by Crippen LogP contribution is 2.10. The smallest absolute Gasteiger partial charge is 0.315 e. The van der Waals surface area contributed by atoms with E-state index in [0.29, 0.717) is 13.0 Å². The van der Waals surface area contributed by atoms with Crippen LogP contribution >= 0.6 is 0 Å². The van der Waals surface area contributed by atoms with Crippen molar-refractivity contribution >= 4 is 6.03 Å². The molecule has 0 radical (unpaired) electrons. The molecule has 0 aromatic heterocycles. The summed E-state index contributed by atoms with van der Waals surface area (Å²) in [5, 5.41) is 15.2. The molecule has 25 heavy (non-hydrogen) atoms. The van der Waals surface area contributed by atoms with E-state index in [1.54, 1.807) is 0 Å². The molecule has 0 saturated heterocycles. The number of nitrogens with zero attached hydrogens (tertiary/aromatic N) is 1. The summed E-state index contributed by atoms with van der Waals surface area (Å²) in [7, 11) is 4.04. The standard InChI is InChI=1S/C20H27N3O2/c1-23(2)14-18-11-7-6-10-17(18)13-21-20(25)22-19(15-24)12-16-8-4-3-5-9-16/h3-11,19,24H,12-15H2,1-2H3,(H2,21,22,25). The molecule has 0 spiro atoms. The molecule has 2 amide bonds. The SMILES string of the molecule is CN(C)Cc1ccccc1CNC(=O)NC(CO)Cc1ccccc1. The number of carbonyl (C=O) groups is 1. The quantitative estimate of drug-likeness (QED) is 0.689. The van der Waals surface area contributed by atoms with Crippen LogP contribution in [0.5, 0.6) is 0 Å². The number of benzene rings is 2. The molecule has 2 aromatic rings. The lowest BCUT2D eigenvalue weighted by Gasteiger charge is -2.18. The zero-order valence-electron chi connectivity index (χ0n) is 14.9. The maximum Gasteiger partial charge on any atom is 0.315 e. The van der Waals surface area contributed by atoms with Crippen molar-refractivity contribution in [1.29, 1.82) is 0 Å². The van der Waals surface area contributed by atoms with Crippen LogP contribution in [0.3, 0.4) is 0 Å². The van der Waals surface area contributed by atoms with Crippen LogP contribution in [0.4, 0.5) is 4.79 Å². The Kier molecular flexibility index (Phi) is 7.44. The fraction of sp³-hybridized carbons (Fsp3) is 0.350. The second-order valence-electron chi connectivity index (χ2n) is 6.40. The largest absolute Gasteiger partial charge is 0.394 e. The van der Waals surface area contributed by atoms with Crippen LogP contribution in [-0.2, 0) is 19.5 Å². The molecule has 0 aliphatic carbocycles. The van der Waals surface area contributed by atoms with Crippen molar-refractivity contribution < 1.29 is 9.90 Å². The van der Waals surface area contributed by atoms with Crippen molar-refractivity contribution in [3.8, 4) is 0 Å². The van der Waals surface area contributed by atoms with Gasteiger partial charge in [-0.25, -0.2) is 4.79 Å². The Labute approximate surface area is 149 Å². The predicted molar refractivity (Wildman–Crippen MR) is 100 cm³/mol. The van der Waals surface area contributed by atoms with E-state index < -0.39 is 0 Å². The molecule has 2 aromatic carbocycles. The Morgan fingerprint density at radius 1 is 1.04 bits per heavy atom. The minimum absolute atomic E-state index is 0.0977. The molecule has 0 heterocycles. The third kappa shape index (κ3) is 6.57. The highest BCUT2D eigenvalue weighted by molar-refractivity contribution is 5.74. The molecule has 0 saturated carbocycles. The molecular formula is C20H27N3O2. The van der Waals surface area contributed by atoms with Gasteiger partial charge in [0.2, 0.25) is 0 Å². The highest BCUT2D eigenvalue weighted by atomic mass is 16.3. The number of hydrogen-bond acceptors (Lipinski definition) is 3. The van der Waals surface area contributed by atoms with Gasteiger partial charge < -0.3 is 20.6 Å². The van der Waals surface area contributed by atoms with Gasteiger partial charge in [0.25, 0.3) is 0 Å². The van der Waals surface area contributed by atoms with E-state index in [9.17, 15) is 9.90 Å². The van der Waals surface area contributed by atoms with Crippen LogP contribution < -0.4 is 10.6 Å². The van der Waals surface area contributed by atoms with Crippen LogP contribution in [0.1, 0.15) is 16.7 Å². The highest BCUT2D eigenvalue weighted by Gasteiger charge is 2.12. The molecule has 5 heteroatoms. The fourth-order valence-electron chi connectivity index (χ4n) is 2.70. The summed E-state index contributed by atoms with van der Waals surface area (Å²) >= 11 is 0. The normalized spacial score (nSPS) is 12.0. The van der Waals surface area contributed by atoms with Crippen molar-refractivity contribution in [2.75, 3.05) is 20.7 Å². The van der Waals surface area contributed by atoms with Gasteiger partial charge in [0.05, 0.1) is 12.6 Å². The number of aliphatic hydroxyl groups excluding tert-OH is 1. The van der Waals surface area contributed by atoms with Crippen LogP contribution in [0.25, 0.3) is 0 Å². The van der Waals surface area contributed by atoms with E-state index >= 15 is 0 Å². The molecule has 0 aliphatic heterocycles. The van der Waals surface area contributed by atoms with Crippen molar-refractivity contribution in [3.05, 3.63) is 71.3 Å².